The number of aliphatic hydroxyl groups is 1. The van der Waals surface area contributed by atoms with Crippen molar-refractivity contribution in [1.29, 1.82) is 0 Å². The molecule has 0 saturated carbocycles. The van der Waals surface area contributed by atoms with Crippen molar-refractivity contribution in [3.05, 3.63) is 24.0 Å². The summed E-state index contributed by atoms with van der Waals surface area (Å²) in [5, 5.41) is 11.9. The van der Waals surface area contributed by atoms with Gasteiger partial charge >= 0.3 is 0 Å². The first kappa shape index (κ1) is 16.0. The highest BCUT2D eigenvalue weighted by atomic mass is 32.2. The second kappa shape index (κ2) is 7.50. The molecular formula is C14H22N2O2S. The Morgan fingerprint density at radius 1 is 1.47 bits per heavy atom. The smallest absolute Gasteiger partial charge is 0.224 e. The van der Waals surface area contributed by atoms with Gasteiger partial charge < -0.3 is 10.4 Å². The molecule has 0 spiro atoms. The predicted molar refractivity (Wildman–Crippen MR) is 80.2 cm³/mol. The van der Waals surface area contributed by atoms with Gasteiger partial charge in [-0.1, -0.05) is 20.8 Å². The van der Waals surface area contributed by atoms with Gasteiger partial charge in [0, 0.05) is 22.9 Å². The lowest BCUT2D eigenvalue weighted by Gasteiger charge is -2.17. The van der Waals surface area contributed by atoms with Gasteiger partial charge in [-0.3, -0.25) is 9.78 Å². The van der Waals surface area contributed by atoms with Crippen molar-refractivity contribution < 1.29 is 9.90 Å². The lowest BCUT2D eigenvalue weighted by Crippen LogP contribution is -2.14. The molecule has 106 valence electrons. The third-order valence-electron chi connectivity index (χ3n) is 2.44. The van der Waals surface area contributed by atoms with Crippen LogP contribution >= 0.6 is 11.8 Å². The molecule has 0 unspecified atom stereocenters. The molecule has 0 saturated heterocycles. The molecule has 0 bridgehead atoms. The van der Waals surface area contributed by atoms with Gasteiger partial charge in [0.05, 0.1) is 18.5 Å². The molecule has 0 aliphatic rings. The number of aromatic nitrogens is 1. The number of nitrogens with zero attached hydrogens (tertiary/aromatic N) is 1. The summed E-state index contributed by atoms with van der Waals surface area (Å²) in [5.41, 5.74) is 1.28. The van der Waals surface area contributed by atoms with E-state index in [1.807, 2.05) is 11.8 Å². The van der Waals surface area contributed by atoms with Crippen LogP contribution in [0.4, 0.5) is 5.69 Å². The zero-order chi connectivity index (χ0) is 14.3. The SMILES string of the molecule is CC(C)(C)SCCCC(=O)Nc1cnccc1CO. The number of thioether (sulfide) groups is 1. The molecule has 0 aromatic carbocycles. The van der Waals surface area contributed by atoms with Crippen molar-refractivity contribution in [3.63, 3.8) is 0 Å². The van der Waals surface area contributed by atoms with Crippen LogP contribution in [0.25, 0.3) is 0 Å². The minimum absolute atomic E-state index is 0.0304. The van der Waals surface area contributed by atoms with Gasteiger partial charge in [0.1, 0.15) is 0 Å². The number of rotatable bonds is 6. The van der Waals surface area contributed by atoms with Crippen LogP contribution in [0.5, 0.6) is 0 Å². The van der Waals surface area contributed by atoms with Crippen molar-refractivity contribution >= 4 is 23.4 Å². The van der Waals surface area contributed by atoms with Crippen molar-refractivity contribution in [1.82, 2.24) is 4.98 Å². The van der Waals surface area contributed by atoms with E-state index >= 15 is 0 Å². The van der Waals surface area contributed by atoms with Gasteiger partial charge in [-0.15, -0.1) is 0 Å². The van der Waals surface area contributed by atoms with E-state index in [4.69, 9.17) is 5.11 Å². The number of hydrogen-bond donors (Lipinski definition) is 2. The van der Waals surface area contributed by atoms with Crippen LogP contribution in [0.2, 0.25) is 0 Å². The van der Waals surface area contributed by atoms with E-state index in [0.29, 0.717) is 17.7 Å². The zero-order valence-electron chi connectivity index (χ0n) is 11.8. The fraction of sp³-hybridized carbons (Fsp3) is 0.571. The molecule has 1 amide bonds. The Labute approximate surface area is 119 Å². The molecule has 0 aliphatic heterocycles. The van der Waals surface area contributed by atoms with E-state index < -0.39 is 0 Å². The molecule has 0 atom stereocenters. The molecule has 1 aromatic rings. The zero-order valence-corrected chi connectivity index (χ0v) is 12.6. The van der Waals surface area contributed by atoms with Gasteiger partial charge in [0.2, 0.25) is 5.91 Å². The van der Waals surface area contributed by atoms with Gasteiger partial charge in [-0.05, 0) is 18.2 Å². The Hall–Kier alpha value is -1.07. The third kappa shape index (κ3) is 6.59. The first-order valence-electron chi connectivity index (χ1n) is 6.40. The van der Waals surface area contributed by atoms with Gasteiger partial charge in [-0.2, -0.15) is 11.8 Å². The molecule has 1 aromatic heterocycles. The largest absolute Gasteiger partial charge is 0.392 e. The Morgan fingerprint density at radius 3 is 2.84 bits per heavy atom. The highest BCUT2D eigenvalue weighted by Gasteiger charge is 2.11. The van der Waals surface area contributed by atoms with Gasteiger partial charge in [0.25, 0.3) is 0 Å². The molecule has 2 N–H and O–H groups in total. The lowest BCUT2D eigenvalue weighted by atomic mass is 10.2. The van der Waals surface area contributed by atoms with Crippen molar-refractivity contribution in [2.75, 3.05) is 11.1 Å². The van der Waals surface area contributed by atoms with Crippen LogP contribution in [-0.2, 0) is 11.4 Å². The lowest BCUT2D eigenvalue weighted by molar-refractivity contribution is -0.116. The molecule has 1 heterocycles. The Kier molecular flexibility index (Phi) is 6.31. The van der Waals surface area contributed by atoms with E-state index in [-0.39, 0.29) is 17.3 Å². The monoisotopic (exact) mass is 282 g/mol. The number of pyridine rings is 1. The van der Waals surface area contributed by atoms with E-state index in [2.05, 4.69) is 31.1 Å². The molecule has 5 heteroatoms. The Morgan fingerprint density at radius 2 is 2.21 bits per heavy atom. The second-order valence-corrected chi connectivity index (χ2v) is 7.23. The van der Waals surface area contributed by atoms with Crippen LogP contribution in [0, 0.1) is 0 Å². The third-order valence-corrected chi connectivity index (χ3v) is 3.80. The quantitative estimate of drug-likeness (QED) is 0.788. The summed E-state index contributed by atoms with van der Waals surface area (Å²) in [4.78, 5) is 15.7. The summed E-state index contributed by atoms with van der Waals surface area (Å²) in [7, 11) is 0. The average molecular weight is 282 g/mol. The Balaban J connectivity index is 2.35. The average Bonchev–Trinajstić information content (AvgIpc) is 2.34. The molecule has 0 fully saturated rings. The summed E-state index contributed by atoms with van der Waals surface area (Å²) in [5.74, 6) is 0.939. The normalized spacial score (nSPS) is 11.4. The minimum atomic E-state index is -0.0992. The van der Waals surface area contributed by atoms with Crippen LogP contribution < -0.4 is 5.32 Å². The first-order valence-corrected chi connectivity index (χ1v) is 7.38. The van der Waals surface area contributed by atoms with Crippen molar-refractivity contribution in [2.24, 2.45) is 0 Å². The van der Waals surface area contributed by atoms with E-state index in [1.54, 1.807) is 18.5 Å². The number of nitrogens with one attached hydrogen (secondary N) is 1. The Bertz CT molecular complexity index is 416. The van der Waals surface area contributed by atoms with Gasteiger partial charge in [0.15, 0.2) is 0 Å². The highest BCUT2D eigenvalue weighted by molar-refractivity contribution is 8.00. The van der Waals surface area contributed by atoms with E-state index in [9.17, 15) is 4.79 Å². The van der Waals surface area contributed by atoms with Crippen LogP contribution in [0.3, 0.4) is 0 Å². The number of amides is 1. The highest BCUT2D eigenvalue weighted by Crippen LogP contribution is 2.24. The molecule has 4 nitrogen and oxygen atoms in total. The minimum Gasteiger partial charge on any atom is -0.392 e. The standard InChI is InChI=1S/C14H22N2O2S/c1-14(2,3)19-8-4-5-13(18)16-12-9-15-7-6-11(12)10-17/h6-7,9,17H,4-5,8,10H2,1-3H3,(H,16,18). The van der Waals surface area contributed by atoms with Crippen molar-refractivity contribution in [2.45, 2.75) is 45.0 Å². The van der Waals surface area contributed by atoms with Crippen molar-refractivity contribution in [3.8, 4) is 0 Å². The number of carbonyl (C=O) groups is 1. The molecule has 19 heavy (non-hydrogen) atoms. The molecule has 0 radical (unpaired) electrons. The maximum atomic E-state index is 11.8. The second-order valence-electron chi connectivity index (χ2n) is 5.30. The molecule has 0 aliphatic carbocycles. The van der Waals surface area contributed by atoms with Crippen LogP contribution in [-0.4, -0.2) is 26.5 Å². The predicted octanol–water partition coefficient (Wildman–Crippen LogP) is 2.82. The molecule has 1 rings (SSSR count). The van der Waals surface area contributed by atoms with Gasteiger partial charge in [-0.25, -0.2) is 0 Å². The fourth-order valence-corrected chi connectivity index (χ4v) is 2.40. The van der Waals surface area contributed by atoms with Crippen LogP contribution in [0.15, 0.2) is 18.5 Å². The molecular weight excluding hydrogens is 260 g/mol. The van der Waals surface area contributed by atoms with E-state index in [1.165, 1.54) is 0 Å². The topological polar surface area (TPSA) is 62.2 Å². The number of anilines is 1. The van der Waals surface area contributed by atoms with E-state index in [0.717, 1.165) is 12.2 Å². The summed E-state index contributed by atoms with van der Waals surface area (Å²) in [6, 6.07) is 1.70. The van der Waals surface area contributed by atoms with Crippen LogP contribution in [0.1, 0.15) is 39.2 Å². The number of carbonyl (C=O) groups excluding carboxylic acids is 1. The summed E-state index contributed by atoms with van der Waals surface area (Å²) in [6.07, 6.45) is 4.50. The summed E-state index contributed by atoms with van der Waals surface area (Å²) in [6.45, 7) is 6.40. The summed E-state index contributed by atoms with van der Waals surface area (Å²) < 4.78 is 0.240. The first-order chi connectivity index (χ1) is 8.92. The number of hydrogen-bond acceptors (Lipinski definition) is 4. The summed E-state index contributed by atoms with van der Waals surface area (Å²) >= 11 is 1.86. The number of aliphatic hydroxyl groups excluding tert-OH is 1. The maximum Gasteiger partial charge on any atom is 0.224 e. The fourth-order valence-electron chi connectivity index (χ4n) is 1.50. The maximum absolute atomic E-state index is 11.8.